The van der Waals surface area contributed by atoms with Gasteiger partial charge in [-0.1, -0.05) is 6.07 Å². The van der Waals surface area contributed by atoms with Gasteiger partial charge in [-0.15, -0.1) is 0 Å². The summed E-state index contributed by atoms with van der Waals surface area (Å²) in [6.45, 7) is 3.64. The molecule has 0 radical (unpaired) electrons. The number of benzene rings is 1. The van der Waals surface area contributed by atoms with E-state index in [0.717, 1.165) is 11.3 Å². The minimum Gasteiger partial charge on any atom is -0.454 e. The SMILES string of the molecule is CC(Cc1ccc2c(c1)OCO2)N(C)C(=O)[C@H](C)OC(N)=O. The Morgan fingerprint density at radius 2 is 2.00 bits per heavy atom. The zero-order chi connectivity index (χ0) is 16.3. The van der Waals surface area contributed by atoms with Crippen molar-refractivity contribution in [3.05, 3.63) is 23.8 Å². The molecule has 2 rings (SSSR count). The fraction of sp³-hybridized carbons (Fsp3) is 0.467. The van der Waals surface area contributed by atoms with Crippen LogP contribution in [-0.2, 0) is 16.0 Å². The average Bonchev–Trinajstić information content (AvgIpc) is 2.92. The van der Waals surface area contributed by atoms with E-state index >= 15 is 0 Å². The molecule has 2 amide bonds. The van der Waals surface area contributed by atoms with E-state index in [1.165, 1.54) is 11.8 Å². The first-order valence-corrected chi connectivity index (χ1v) is 6.99. The molecule has 0 aromatic heterocycles. The zero-order valence-electron chi connectivity index (χ0n) is 12.9. The van der Waals surface area contributed by atoms with Crippen molar-refractivity contribution in [1.29, 1.82) is 0 Å². The molecule has 0 fully saturated rings. The summed E-state index contributed by atoms with van der Waals surface area (Å²) < 4.78 is 15.3. The summed E-state index contributed by atoms with van der Waals surface area (Å²) in [5.41, 5.74) is 5.95. The first-order valence-electron chi connectivity index (χ1n) is 6.99. The second kappa shape index (κ2) is 6.55. The van der Waals surface area contributed by atoms with Gasteiger partial charge in [-0.2, -0.15) is 0 Å². The predicted octanol–water partition coefficient (Wildman–Crippen LogP) is 1.29. The van der Waals surface area contributed by atoms with Crippen LogP contribution in [0.4, 0.5) is 4.79 Å². The van der Waals surface area contributed by atoms with Crippen molar-refractivity contribution >= 4 is 12.0 Å². The molecule has 1 aromatic rings. The molecule has 0 saturated carbocycles. The smallest absolute Gasteiger partial charge is 0.405 e. The second-order valence-corrected chi connectivity index (χ2v) is 5.27. The largest absolute Gasteiger partial charge is 0.454 e. The Hall–Kier alpha value is -2.44. The van der Waals surface area contributed by atoms with Gasteiger partial charge in [0.1, 0.15) is 0 Å². The molecule has 1 aromatic carbocycles. The lowest BCUT2D eigenvalue weighted by Crippen LogP contribution is -2.43. The third kappa shape index (κ3) is 3.60. The number of primary amides is 1. The first-order chi connectivity index (χ1) is 10.4. The number of hydrogen-bond acceptors (Lipinski definition) is 5. The van der Waals surface area contributed by atoms with Gasteiger partial charge in [0.15, 0.2) is 17.6 Å². The minimum atomic E-state index is -0.960. The number of ether oxygens (including phenoxy) is 3. The summed E-state index contributed by atoms with van der Waals surface area (Å²) in [7, 11) is 1.67. The molecule has 22 heavy (non-hydrogen) atoms. The molecule has 1 aliphatic heterocycles. The fourth-order valence-electron chi connectivity index (χ4n) is 2.27. The van der Waals surface area contributed by atoms with Gasteiger partial charge in [0.05, 0.1) is 0 Å². The molecule has 2 atom stereocenters. The summed E-state index contributed by atoms with van der Waals surface area (Å²) >= 11 is 0. The first kappa shape index (κ1) is 15.9. The Morgan fingerprint density at radius 3 is 2.68 bits per heavy atom. The van der Waals surface area contributed by atoms with Crippen LogP contribution in [0.5, 0.6) is 11.5 Å². The Balaban J connectivity index is 1.97. The Kier molecular flexibility index (Phi) is 4.75. The van der Waals surface area contributed by atoms with Gasteiger partial charge in [-0.25, -0.2) is 4.79 Å². The summed E-state index contributed by atoms with van der Waals surface area (Å²) in [6, 6.07) is 5.61. The lowest BCUT2D eigenvalue weighted by atomic mass is 10.1. The standard InChI is InChI=1S/C15H20N2O5/c1-9(17(3)14(18)10(2)22-15(16)19)6-11-4-5-12-13(7-11)21-8-20-12/h4-5,7,9-10H,6,8H2,1-3H3,(H2,16,19)/t9?,10-/m0/s1. The Bertz CT molecular complexity index is 575. The predicted molar refractivity (Wildman–Crippen MR) is 78.6 cm³/mol. The molecule has 1 aliphatic rings. The number of carbonyl (C=O) groups excluding carboxylic acids is 2. The summed E-state index contributed by atoms with van der Waals surface area (Å²) in [4.78, 5) is 24.4. The van der Waals surface area contributed by atoms with Gasteiger partial charge in [-0.05, 0) is 38.0 Å². The van der Waals surface area contributed by atoms with Gasteiger partial charge >= 0.3 is 6.09 Å². The molecule has 0 bridgehead atoms. The monoisotopic (exact) mass is 308 g/mol. The molecule has 1 unspecified atom stereocenters. The quantitative estimate of drug-likeness (QED) is 0.885. The zero-order valence-corrected chi connectivity index (χ0v) is 12.9. The van der Waals surface area contributed by atoms with Crippen molar-refractivity contribution in [2.75, 3.05) is 13.8 Å². The van der Waals surface area contributed by atoms with E-state index in [2.05, 4.69) is 0 Å². The van der Waals surface area contributed by atoms with E-state index in [1.807, 2.05) is 25.1 Å². The van der Waals surface area contributed by atoms with Crippen LogP contribution in [0.2, 0.25) is 0 Å². The Morgan fingerprint density at radius 1 is 1.32 bits per heavy atom. The molecule has 0 aliphatic carbocycles. The van der Waals surface area contributed by atoms with Crippen LogP contribution in [0.3, 0.4) is 0 Å². The molecular formula is C15H20N2O5. The Labute approximate surface area is 128 Å². The average molecular weight is 308 g/mol. The van der Waals surface area contributed by atoms with Crippen LogP contribution in [-0.4, -0.2) is 42.9 Å². The number of likely N-dealkylation sites (N-methyl/N-ethyl adjacent to an activating group) is 1. The number of fused-ring (bicyclic) bond motifs is 1. The number of amides is 2. The number of nitrogens with zero attached hydrogens (tertiary/aromatic N) is 1. The van der Waals surface area contributed by atoms with Crippen molar-refractivity contribution in [3.8, 4) is 11.5 Å². The highest BCUT2D eigenvalue weighted by Crippen LogP contribution is 2.32. The highest BCUT2D eigenvalue weighted by atomic mass is 16.7. The minimum absolute atomic E-state index is 0.0770. The van der Waals surface area contributed by atoms with Crippen LogP contribution in [0.15, 0.2) is 18.2 Å². The highest BCUT2D eigenvalue weighted by Gasteiger charge is 2.24. The number of nitrogens with two attached hydrogens (primary N) is 1. The maximum Gasteiger partial charge on any atom is 0.405 e. The van der Waals surface area contributed by atoms with Crippen LogP contribution in [0.25, 0.3) is 0 Å². The van der Waals surface area contributed by atoms with Crippen molar-refractivity contribution in [2.45, 2.75) is 32.4 Å². The van der Waals surface area contributed by atoms with E-state index in [0.29, 0.717) is 12.2 Å². The van der Waals surface area contributed by atoms with E-state index in [1.54, 1.807) is 7.05 Å². The fourth-order valence-corrected chi connectivity index (χ4v) is 2.27. The number of hydrogen-bond donors (Lipinski definition) is 1. The van der Waals surface area contributed by atoms with Gasteiger partial charge in [0.25, 0.3) is 5.91 Å². The summed E-state index contributed by atoms with van der Waals surface area (Å²) in [5, 5.41) is 0. The summed E-state index contributed by atoms with van der Waals surface area (Å²) in [5.74, 6) is 1.14. The van der Waals surface area contributed by atoms with Crippen LogP contribution in [0.1, 0.15) is 19.4 Å². The van der Waals surface area contributed by atoms with Gasteiger partial charge in [0.2, 0.25) is 6.79 Å². The maximum atomic E-state index is 12.1. The topological polar surface area (TPSA) is 91.1 Å². The van der Waals surface area contributed by atoms with E-state index < -0.39 is 12.2 Å². The molecule has 120 valence electrons. The summed E-state index contributed by atoms with van der Waals surface area (Å²) in [6.07, 6.45) is -1.22. The lowest BCUT2D eigenvalue weighted by molar-refractivity contribution is -0.139. The van der Waals surface area contributed by atoms with Gasteiger partial charge < -0.3 is 24.8 Å². The highest BCUT2D eigenvalue weighted by molar-refractivity contribution is 5.82. The van der Waals surface area contributed by atoms with Gasteiger partial charge in [-0.3, -0.25) is 4.79 Å². The molecule has 0 spiro atoms. The molecule has 0 saturated heterocycles. The molecular weight excluding hydrogens is 288 g/mol. The van der Waals surface area contributed by atoms with Crippen LogP contribution < -0.4 is 15.2 Å². The second-order valence-electron chi connectivity index (χ2n) is 5.27. The van der Waals surface area contributed by atoms with Crippen molar-refractivity contribution in [1.82, 2.24) is 4.90 Å². The molecule has 7 heteroatoms. The molecule has 1 heterocycles. The van der Waals surface area contributed by atoms with Crippen LogP contribution in [0, 0.1) is 0 Å². The maximum absolute atomic E-state index is 12.1. The van der Waals surface area contributed by atoms with E-state index in [4.69, 9.17) is 19.9 Å². The van der Waals surface area contributed by atoms with Crippen LogP contribution >= 0.6 is 0 Å². The van der Waals surface area contributed by atoms with E-state index in [9.17, 15) is 9.59 Å². The molecule has 7 nitrogen and oxygen atoms in total. The molecule has 2 N–H and O–H groups in total. The van der Waals surface area contributed by atoms with Gasteiger partial charge in [0, 0.05) is 13.1 Å². The number of rotatable bonds is 5. The van der Waals surface area contributed by atoms with Crippen molar-refractivity contribution in [2.24, 2.45) is 5.73 Å². The normalized spacial score (nSPS) is 15.0. The lowest BCUT2D eigenvalue weighted by Gasteiger charge is -2.27. The van der Waals surface area contributed by atoms with E-state index in [-0.39, 0.29) is 18.7 Å². The van der Waals surface area contributed by atoms with Crippen molar-refractivity contribution in [3.63, 3.8) is 0 Å². The third-order valence-corrected chi connectivity index (χ3v) is 3.62. The number of carbonyl (C=O) groups is 2. The van der Waals surface area contributed by atoms with Crippen molar-refractivity contribution < 1.29 is 23.8 Å². The third-order valence-electron chi connectivity index (χ3n) is 3.62.